The fraction of sp³-hybridized carbons (Fsp3) is 0.250. The number of halogens is 2. The normalized spacial score (nSPS) is 16.0. The van der Waals surface area contributed by atoms with Gasteiger partial charge < -0.3 is 15.0 Å². The number of hydrogen-bond donors (Lipinski definition) is 1. The highest BCUT2D eigenvalue weighted by Crippen LogP contribution is 2.38. The van der Waals surface area contributed by atoms with Crippen molar-refractivity contribution in [3.63, 3.8) is 0 Å². The summed E-state index contributed by atoms with van der Waals surface area (Å²) >= 11 is 7.52. The van der Waals surface area contributed by atoms with Crippen molar-refractivity contribution in [2.24, 2.45) is 0 Å². The number of amides is 1. The van der Waals surface area contributed by atoms with E-state index in [9.17, 15) is 9.18 Å². The van der Waals surface area contributed by atoms with Crippen molar-refractivity contribution in [1.82, 2.24) is 19.8 Å². The summed E-state index contributed by atoms with van der Waals surface area (Å²) in [7, 11) is 0. The Hall–Kier alpha value is -3.53. The first kappa shape index (κ1) is 24.8. The van der Waals surface area contributed by atoms with Crippen molar-refractivity contribution in [2.75, 3.05) is 31.5 Å². The van der Waals surface area contributed by atoms with Gasteiger partial charge in [0.2, 0.25) is 5.91 Å². The molecule has 7 nitrogen and oxygen atoms in total. The summed E-state index contributed by atoms with van der Waals surface area (Å²) in [4.78, 5) is 27.9. The van der Waals surface area contributed by atoms with Gasteiger partial charge >= 0.3 is 0 Å². The number of aromatic nitrogens is 2. The Bertz CT molecular complexity index is 1510. The third-order valence-electron chi connectivity index (χ3n) is 6.72. The van der Waals surface area contributed by atoms with Crippen LogP contribution >= 0.6 is 22.9 Å². The maximum absolute atomic E-state index is 13.6. The quantitative estimate of drug-likeness (QED) is 0.310. The topological polar surface area (TPSA) is 70.6 Å². The third kappa shape index (κ3) is 5.22. The first-order chi connectivity index (χ1) is 18.5. The van der Waals surface area contributed by atoms with Crippen molar-refractivity contribution in [3.05, 3.63) is 88.3 Å². The minimum atomic E-state index is -0.470. The predicted octanol–water partition coefficient (Wildman–Crippen LogP) is 5.43. The lowest BCUT2D eigenvalue weighted by Gasteiger charge is -2.38. The first-order valence-corrected chi connectivity index (χ1v) is 13.6. The maximum Gasteiger partial charge on any atom is 0.246 e. The molecule has 0 aliphatic carbocycles. The number of para-hydroxylation sites is 1. The van der Waals surface area contributed by atoms with Crippen molar-refractivity contribution in [1.29, 1.82) is 0 Å². The van der Waals surface area contributed by atoms with Crippen molar-refractivity contribution < 1.29 is 13.9 Å². The van der Waals surface area contributed by atoms with Crippen LogP contribution in [0.4, 0.5) is 15.9 Å². The van der Waals surface area contributed by atoms with E-state index in [0.29, 0.717) is 31.0 Å². The van der Waals surface area contributed by atoms with Gasteiger partial charge in [-0.1, -0.05) is 35.9 Å². The lowest BCUT2D eigenvalue weighted by atomic mass is 10.0. The number of rotatable bonds is 7. The zero-order chi connectivity index (χ0) is 26.1. The molecule has 2 aromatic heterocycles. The summed E-state index contributed by atoms with van der Waals surface area (Å²) in [5.41, 5.74) is 1.80. The monoisotopic (exact) mass is 549 g/mol. The highest BCUT2D eigenvalue weighted by molar-refractivity contribution is 7.19. The maximum atomic E-state index is 13.6. The lowest BCUT2D eigenvalue weighted by molar-refractivity contribution is -0.126. The van der Waals surface area contributed by atoms with Crippen LogP contribution in [-0.4, -0.2) is 58.0 Å². The van der Waals surface area contributed by atoms with Gasteiger partial charge in [0.05, 0.1) is 17.0 Å². The van der Waals surface area contributed by atoms with E-state index in [2.05, 4.69) is 20.2 Å². The zero-order valence-corrected chi connectivity index (χ0v) is 22.0. The Morgan fingerprint density at radius 3 is 2.87 bits per heavy atom. The smallest absolute Gasteiger partial charge is 0.246 e. The number of anilines is 2. The highest BCUT2D eigenvalue weighted by atomic mass is 35.5. The second-order valence-electron chi connectivity index (χ2n) is 9.34. The summed E-state index contributed by atoms with van der Waals surface area (Å²) in [6.45, 7) is 3.58. The van der Waals surface area contributed by atoms with E-state index in [4.69, 9.17) is 16.3 Å². The van der Waals surface area contributed by atoms with Gasteiger partial charge in [-0.15, -0.1) is 11.3 Å². The first-order valence-electron chi connectivity index (χ1n) is 12.4. The number of fused-ring (bicyclic) bond motifs is 3. The average molecular weight is 550 g/mol. The number of thiophene rings is 1. The molecule has 2 aliphatic heterocycles. The van der Waals surface area contributed by atoms with Gasteiger partial charge in [0.1, 0.15) is 34.6 Å². The number of likely N-dealkylation sites (tertiary alicyclic amines) is 1. The van der Waals surface area contributed by atoms with E-state index in [1.807, 2.05) is 41.3 Å². The molecule has 10 heteroatoms. The molecule has 6 rings (SSSR count). The van der Waals surface area contributed by atoms with Gasteiger partial charge in [-0.25, -0.2) is 14.4 Å². The van der Waals surface area contributed by atoms with Gasteiger partial charge in [0.25, 0.3) is 0 Å². The van der Waals surface area contributed by atoms with Gasteiger partial charge in [-0.2, -0.15) is 0 Å². The van der Waals surface area contributed by atoms with Crippen LogP contribution in [-0.2, 0) is 17.8 Å². The molecular formula is C28H25ClFN5O2S. The molecule has 0 spiro atoms. The lowest BCUT2D eigenvalue weighted by Crippen LogP contribution is -2.53. The Labute approximate surface area is 228 Å². The van der Waals surface area contributed by atoms with E-state index < -0.39 is 5.82 Å². The van der Waals surface area contributed by atoms with Crippen molar-refractivity contribution in [3.8, 4) is 5.75 Å². The Balaban J connectivity index is 1.06. The number of carbonyl (C=O) groups is 1. The average Bonchev–Trinajstić information content (AvgIpc) is 3.28. The van der Waals surface area contributed by atoms with E-state index >= 15 is 0 Å². The molecule has 1 amide bonds. The summed E-state index contributed by atoms with van der Waals surface area (Å²) < 4.78 is 19.5. The number of nitrogens with zero attached hydrogens (tertiary/aromatic N) is 4. The minimum absolute atomic E-state index is 0.0103. The van der Waals surface area contributed by atoms with Gasteiger partial charge in [0.15, 0.2) is 0 Å². The van der Waals surface area contributed by atoms with Crippen LogP contribution in [0.5, 0.6) is 5.75 Å². The highest BCUT2D eigenvalue weighted by Gasteiger charge is 2.28. The molecule has 0 radical (unpaired) electrons. The molecule has 4 aromatic rings. The SMILES string of the molecule is O=C(C=CCN1CC(Oc2ccccc2)C1)N1CCc2c(sc3ncnc(Nc4ccc(F)c(Cl)c4)c23)C1. The number of carbonyl (C=O) groups excluding carboxylic acids is 1. The molecule has 0 atom stereocenters. The molecular weight excluding hydrogens is 525 g/mol. The van der Waals surface area contributed by atoms with Crippen LogP contribution in [0.2, 0.25) is 5.02 Å². The number of nitrogens with one attached hydrogen (secondary N) is 1. The van der Waals surface area contributed by atoms with Crippen molar-refractivity contribution >= 4 is 50.6 Å². The predicted molar refractivity (Wildman–Crippen MR) is 148 cm³/mol. The van der Waals surface area contributed by atoms with Crippen LogP contribution in [0.15, 0.2) is 67.0 Å². The summed E-state index contributed by atoms with van der Waals surface area (Å²) in [5.74, 6) is 1.08. The Morgan fingerprint density at radius 2 is 2.05 bits per heavy atom. The van der Waals surface area contributed by atoms with Crippen LogP contribution in [0.1, 0.15) is 10.4 Å². The molecule has 38 heavy (non-hydrogen) atoms. The largest absolute Gasteiger partial charge is 0.488 e. The minimum Gasteiger partial charge on any atom is -0.488 e. The Morgan fingerprint density at radius 1 is 1.21 bits per heavy atom. The third-order valence-corrected chi connectivity index (χ3v) is 8.14. The second-order valence-corrected chi connectivity index (χ2v) is 10.8. The number of benzene rings is 2. The van der Waals surface area contributed by atoms with Crippen LogP contribution in [0.25, 0.3) is 10.2 Å². The Kier molecular flexibility index (Phi) is 6.97. The van der Waals surface area contributed by atoms with Gasteiger partial charge in [-0.3, -0.25) is 9.69 Å². The molecule has 0 unspecified atom stereocenters. The molecule has 4 heterocycles. The van der Waals surface area contributed by atoms with E-state index in [1.165, 1.54) is 18.5 Å². The molecule has 0 saturated carbocycles. The number of ether oxygens (including phenoxy) is 1. The zero-order valence-electron chi connectivity index (χ0n) is 20.4. The van der Waals surface area contributed by atoms with Crippen LogP contribution in [0.3, 0.4) is 0 Å². The second kappa shape index (κ2) is 10.7. The number of hydrogen-bond acceptors (Lipinski definition) is 7. The summed E-state index contributed by atoms with van der Waals surface area (Å²) in [6, 6.07) is 14.3. The van der Waals surface area contributed by atoms with Crippen LogP contribution in [0, 0.1) is 5.82 Å². The molecule has 1 saturated heterocycles. The van der Waals surface area contributed by atoms with Gasteiger partial charge in [-0.05, 0) is 42.3 Å². The molecule has 0 bridgehead atoms. The summed E-state index contributed by atoms with van der Waals surface area (Å²) in [6.07, 6.45) is 6.02. The molecule has 2 aromatic carbocycles. The van der Waals surface area contributed by atoms with Gasteiger partial charge in [0, 0.05) is 42.8 Å². The molecule has 194 valence electrons. The fourth-order valence-corrected chi connectivity index (χ4v) is 6.15. The molecule has 1 fully saturated rings. The van der Waals surface area contributed by atoms with E-state index in [1.54, 1.807) is 23.5 Å². The van der Waals surface area contributed by atoms with Crippen molar-refractivity contribution in [2.45, 2.75) is 19.1 Å². The summed E-state index contributed by atoms with van der Waals surface area (Å²) in [5, 5.41) is 4.24. The van der Waals surface area contributed by atoms with Crippen LogP contribution < -0.4 is 10.1 Å². The molecule has 2 aliphatic rings. The van der Waals surface area contributed by atoms with E-state index in [0.717, 1.165) is 46.0 Å². The fourth-order valence-electron chi connectivity index (χ4n) is 4.77. The molecule has 1 N–H and O–H groups in total. The van der Waals surface area contributed by atoms with E-state index in [-0.39, 0.29) is 17.0 Å². The standard InChI is InChI=1S/C28H25ClFN5O2S/c29-22-13-18(8-9-23(22)30)33-27-26-21-10-12-35(16-24(21)38-28(26)32-17-31-27)25(36)7-4-11-34-14-20(15-34)37-19-5-2-1-3-6-19/h1-9,13,17,20H,10-12,14-16H2,(H,31,32,33).